The second kappa shape index (κ2) is 3.11. The van der Waals surface area contributed by atoms with Gasteiger partial charge >= 0.3 is 5.97 Å². The van der Waals surface area contributed by atoms with E-state index in [1.807, 2.05) is 12.1 Å². The number of carboxylic acid groups (broad SMARTS) is 1. The number of carboxylic acids is 1. The molecule has 1 aliphatic heterocycles. The minimum atomic E-state index is -0.997. The zero-order chi connectivity index (χ0) is 10.2. The number of nitrogens with one attached hydrogen (secondary N) is 1. The lowest BCUT2D eigenvalue weighted by Gasteiger charge is -2.43. The van der Waals surface area contributed by atoms with E-state index in [1.165, 1.54) is 0 Å². The normalized spacial score (nSPS) is 21.2. The number of rotatable bonds is 3. The molecular weight excluding hydrogens is 184 g/mol. The molecule has 1 aliphatic rings. The van der Waals surface area contributed by atoms with E-state index in [0.717, 1.165) is 5.69 Å². The molecule has 1 unspecified atom stereocenters. The van der Waals surface area contributed by atoms with Crippen LogP contribution in [0.4, 0.5) is 0 Å². The maximum absolute atomic E-state index is 10.8. The molecule has 0 amide bonds. The average Bonchev–Trinajstić information content (AvgIpc) is 2.55. The summed E-state index contributed by atoms with van der Waals surface area (Å²) in [5.41, 5.74) is 5.91. The first-order valence-electron chi connectivity index (χ1n) is 4.37. The Morgan fingerprint density at radius 3 is 2.79 bits per heavy atom. The summed E-state index contributed by atoms with van der Waals surface area (Å²) in [4.78, 5) is 13.8. The molecule has 2 rings (SSSR count). The van der Waals surface area contributed by atoms with E-state index < -0.39 is 17.4 Å². The molecule has 0 aromatic carbocycles. The maximum atomic E-state index is 10.8. The quantitative estimate of drug-likeness (QED) is 0.619. The Kier molecular flexibility index (Phi) is 2.05. The number of carbonyl (C=O) groups is 1. The number of H-pyrrole nitrogens is 1. The predicted octanol–water partition coefficient (Wildman–Crippen LogP) is -0.305. The monoisotopic (exact) mass is 196 g/mol. The molecule has 2 heterocycles. The molecule has 1 aromatic heterocycles. The average molecular weight is 196 g/mol. The van der Waals surface area contributed by atoms with Gasteiger partial charge in [-0.2, -0.15) is 0 Å². The van der Waals surface area contributed by atoms with Gasteiger partial charge in [0.2, 0.25) is 0 Å². The molecule has 0 radical (unpaired) electrons. The van der Waals surface area contributed by atoms with Crippen LogP contribution in [-0.4, -0.2) is 35.3 Å². The van der Waals surface area contributed by atoms with Gasteiger partial charge in [-0.3, -0.25) is 4.79 Å². The Balaban J connectivity index is 2.31. The van der Waals surface area contributed by atoms with Crippen molar-refractivity contribution in [2.75, 3.05) is 13.2 Å². The second-order valence-electron chi connectivity index (χ2n) is 3.55. The molecule has 4 N–H and O–H groups in total. The Hall–Kier alpha value is -1.33. The van der Waals surface area contributed by atoms with Crippen molar-refractivity contribution < 1.29 is 14.6 Å². The van der Waals surface area contributed by atoms with Gasteiger partial charge in [0.1, 0.15) is 6.04 Å². The number of hydrogen-bond acceptors (Lipinski definition) is 3. The summed E-state index contributed by atoms with van der Waals surface area (Å²) < 4.78 is 5.07. The number of ether oxygens (including phenoxy) is 1. The Morgan fingerprint density at radius 2 is 2.43 bits per heavy atom. The first-order valence-corrected chi connectivity index (χ1v) is 4.37. The third kappa shape index (κ3) is 1.13. The third-order valence-corrected chi connectivity index (χ3v) is 2.71. The fourth-order valence-electron chi connectivity index (χ4n) is 1.70. The van der Waals surface area contributed by atoms with Crippen molar-refractivity contribution in [3.05, 3.63) is 24.0 Å². The van der Waals surface area contributed by atoms with Gasteiger partial charge in [0.15, 0.2) is 0 Å². The van der Waals surface area contributed by atoms with Crippen LogP contribution in [0.5, 0.6) is 0 Å². The lowest BCUT2D eigenvalue weighted by Crippen LogP contribution is -2.62. The van der Waals surface area contributed by atoms with E-state index in [4.69, 9.17) is 15.6 Å². The molecule has 1 atom stereocenters. The van der Waals surface area contributed by atoms with Gasteiger partial charge < -0.3 is 20.6 Å². The maximum Gasteiger partial charge on any atom is 0.321 e. The van der Waals surface area contributed by atoms with E-state index in [-0.39, 0.29) is 0 Å². The molecule has 1 aromatic rings. The zero-order valence-corrected chi connectivity index (χ0v) is 7.56. The molecular formula is C9H12N2O3. The molecule has 5 heteroatoms. The molecule has 14 heavy (non-hydrogen) atoms. The highest BCUT2D eigenvalue weighted by Crippen LogP contribution is 2.33. The van der Waals surface area contributed by atoms with Crippen molar-refractivity contribution in [1.29, 1.82) is 0 Å². The van der Waals surface area contributed by atoms with Gasteiger partial charge in [-0.25, -0.2) is 0 Å². The number of aromatic nitrogens is 1. The molecule has 0 aliphatic carbocycles. The second-order valence-corrected chi connectivity index (χ2v) is 3.55. The number of hydrogen-bond donors (Lipinski definition) is 3. The van der Waals surface area contributed by atoms with Gasteiger partial charge in [0, 0.05) is 11.9 Å². The van der Waals surface area contributed by atoms with E-state index in [0.29, 0.717) is 13.2 Å². The molecule has 1 saturated heterocycles. The molecule has 0 bridgehead atoms. The van der Waals surface area contributed by atoms with Crippen LogP contribution in [0.3, 0.4) is 0 Å². The number of aromatic amines is 1. The van der Waals surface area contributed by atoms with Crippen molar-refractivity contribution in [3.8, 4) is 0 Å². The molecule has 0 saturated carbocycles. The van der Waals surface area contributed by atoms with Gasteiger partial charge in [0.05, 0.1) is 18.6 Å². The summed E-state index contributed by atoms with van der Waals surface area (Å²) in [7, 11) is 0. The van der Waals surface area contributed by atoms with Gasteiger partial charge in [0.25, 0.3) is 0 Å². The van der Waals surface area contributed by atoms with Crippen LogP contribution in [0, 0.1) is 0 Å². The summed E-state index contributed by atoms with van der Waals surface area (Å²) in [6, 6.07) is 2.74. The standard InChI is InChI=1S/C9H12N2O3/c10-7(8(12)13)9(4-14-5-9)6-2-1-3-11-6/h1-3,7,11H,4-5,10H2,(H,12,13). The summed E-state index contributed by atoms with van der Waals surface area (Å²) in [5, 5.41) is 8.89. The lowest BCUT2D eigenvalue weighted by molar-refractivity contribution is -0.149. The van der Waals surface area contributed by atoms with Gasteiger partial charge in [-0.05, 0) is 12.1 Å². The molecule has 76 valence electrons. The van der Waals surface area contributed by atoms with Crippen LogP contribution >= 0.6 is 0 Å². The van der Waals surface area contributed by atoms with Crippen LogP contribution in [0.25, 0.3) is 0 Å². The first kappa shape index (κ1) is 9.23. The predicted molar refractivity (Wildman–Crippen MR) is 48.9 cm³/mol. The largest absolute Gasteiger partial charge is 0.480 e. The summed E-state index contributed by atoms with van der Waals surface area (Å²) >= 11 is 0. The van der Waals surface area contributed by atoms with Crippen molar-refractivity contribution in [2.45, 2.75) is 11.5 Å². The van der Waals surface area contributed by atoms with Crippen LogP contribution in [0.1, 0.15) is 5.69 Å². The minimum Gasteiger partial charge on any atom is -0.480 e. The Labute approximate surface area is 80.9 Å². The topological polar surface area (TPSA) is 88.3 Å². The van der Waals surface area contributed by atoms with E-state index >= 15 is 0 Å². The van der Waals surface area contributed by atoms with Crippen LogP contribution < -0.4 is 5.73 Å². The number of nitrogens with two attached hydrogens (primary N) is 1. The highest BCUT2D eigenvalue weighted by Gasteiger charge is 2.49. The zero-order valence-electron chi connectivity index (χ0n) is 7.56. The van der Waals surface area contributed by atoms with Gasteiger partial charge in [-0.1, -0.05) is 0 Å². The van der Waals surface area contributed by atoms with Crippen LogP contribution in [0.2, 0.25) is 0 Å². The fourth-order valence-corrected chi connectivity index (χ4v) is 1.70. The van der Waals surface area contributed by atoms with Crippen molar-refractivity contribution in [1.82, 2.24) is 4.98 Å². The highest BCUT2D eigenvalue weighted by atomic mass is 16.5. The van der Waals surface area contributed by atoms with Crippen molar-refractivity contribution >= 4 is 5.97 Å². The Bertz CT molecular complexity index is 330. The SMILES string of the molecule is NC(C(=O)O)C1(c2ccc[nH]2)COC1. The van der Waals surface area contributed by atoms with Crippen LogP contribution in [-0.2, 0) is 14.9 Å². The number of aliphatic carboxylic acids is 1. The first-order chi connectivity index (χ1) is 6.67. The van der Waals surface area contributed by atoms with E-state index in [9.17, 15) is 4.79 Å². The summed E-state index contributed by atoms with van der Waals surface area (Å²) in [6.45, 7) is 0.724. The van der Waals surface area contributed by atoms with Crippen molar-refractivity contribution in [3.63, 3.8) is 0 Å². The van der Waals surface area contributed by atoms with E-state index in [2.05, 4.69) is 4.98 Å². The minimum absolute atomic E-state index is 0.362. The van der Waals surface area contributed by atoms with Crippen molar-refractivity contribution in [2.24, 2.45) is 5.73 Å². The van der Waals surface area contributed by atoms with E-state index in [1.54, 1.807) is 6.20 Å². The Morgan fingerprint density at radius 1 is 1.71 bits per heavy atom. The highest BCUT2D eigenvalue weighted by molar-refractivity contribution is 5.76. The lowest BCUT2D eigenvalue weighted by atomic mass is 9.76. The summed E-state index contributed by atoms with van der Waals surface area (Å²) in [5.74, 6) is -0.997. The van der Waals surface area contributed by atoms with Crippen LogP contribution in [0.15, 0.2) is 18.3 Å². The molecule has 5 nitrogen and oxygen atoms in total. The summed E-state index contributed by atoms with van der Waals surface area (Å²) in [6.07, 6.45) is 1.75. The fraction of sp³-hybridized carbons (Fsp3) is 0.444. The molecule has 1 fully saturated rings. The van der Waals surface area contributed by atoms with Gasteiger partial charge in [-0.15, -0.1) is 0 Å². The smallest absolute Gasteiger partial charge is 0.321 e. The third-order valence-electron chi connectivity index (χ3n) is 2.71. The molecule has 0 spiro atoms.